The summed E-state index contributed by atoms with van der Waals surface area (Å²) in [5.74, 6) is -0.202. The molecular formula is C43H86O2Si. The van der Waals surface area contributed by atoms with E-state index in [2.05, 4.69) is 27.4 Å². The molecule has 0 fully saturated rings. The van der Waals surface area contributed by atoms with Gasteiger partial charge < -0.3 is 4.74 Å². The lowest BCUT2D eigenvalue weighted by Crippen LogP contribution is -2.34. The highest BCUT2D eigenvalue weighted by Crippen LogP contribution is 2.34. The Labute approximate surface area is 292 Å². The van der Waals surface area contributed by atoms with Crippen LogP contribution >= 0.6 is 0 Å². The Morgan fingerprint density at radius 3 is 0.913 bits per heavy atom. The number of carbonyl (C=O) groups is 1. The highest BCUT2D eigenvalue weighted by atomic mass is 28.3. The van der Waals surface area contributed by atoms with Crippen LogP contribution in [0.3, 0.4) is 0 Å². The van der Waals surface area contributed by atoms with Gasteiger partial charge in [-0.1, -0.05) is 244 Å². The minimum atomic E-state index is -1.38. The zero-order valence-corrected chi connectivity index (χ0v) is 33.5. The summed E-state index contributed by atoms with van der Waals surface area (Å²) >= 11 is 0. The Bertz CT molecular complexity index is 585. The molecule has 0 spiro atoms. The van der Waals surface area contributed by atoms with E-state index >= 15 is 0 Å². The van der Waals surface area contributed by atoms with Crippen LogP contribution in [0.2, 0.25) is 24.2 Å². The van der Waals surface area contributed by atoms with Gasteiger partial charge in [-0.2, -0.15) is 0 Å². The molecule has 0 aromatic carbocycles. The maximum Gasteiger partial charge on any atom is 0.333 e. The Morgan fingerprint density at radius 1 is 0.413 bits per heavy atom. The summed E-state index contributed by atoms with van der Waals surface area (Å²) in [7, 11) is -1.38. The maximum absolute atomic E-state index is 12.1. The summed E-state index contributed by atoms with van der Waals surface area (Å²) < 4.78 is 5.60. The molecule has 0 bridgehead atoms. The Morgan fingerprint density at radius 2 is 0.652 bits per heavy atom. The van der Waals surface area contributed by atoms with E-state index in [0.717, 1.165) is 6.42 Å². The molecule has 3 heteroatoms. The normalized spacial score (nSPS) is 11.7. The second kappa shape index (κ2) is 35.7. The second-order valence-electron chi connectivity index (χ2n) is 15.3. The lowest BCUT2D eigenvalue weighted by molar-refractivity contribution is -0.138. The van der Waals surface area contributed by atoms with Crippen LogP contribution in [0, 0.1) is 0 Å². The predicted octanol–water partition coefficient (Wildman–Crippen LogP) is 15.7. The zero-order chi connectivity index (χ0) is 33.8. The molecule has 0 amide bonds. The van der Waals surface area contributed by atoms with Gasteiger partial charge in [0.15, 0.2) is 0 Å². The summed E-state index contributed by atoms with van der Waals surface area (Å²) in [4.78, 5) is 12.1. The van der Waals surface area contributed by atoms with Gasteiger partial charge in [0.1, 0.15) is 0 Å². The fourth-order valence-corrected chi connectivity index (χ4v) is 12.8. The molecule has 0 saturated heterocycles. The van der Waals surface area contributed by atoms with E-state index in [1.165, 1.54) is 217 Å². The van der Waals surface area contributed by atoms with Crippen molar-refractivity contribution in [3.63, 3.8) is 0 Å². The molecule has 0 aliphatic carbocycles. The Balaban J connectivity index is 4.90. The molecule has 0 saturated carbocycles. The monoisotopic (exact) mass is 663 g/mol. The lowest BCUT2D eigenvalue weighted by Gasteiger charge is -2.33. The predicted molar refractivity (Wildman–Crippen MR) is 211 cm³/mol. The first kappa shape index (κ1) is 45.4. The second-order valence-corrected chi connectivity index (χ2v) is 20.3. The summed E-state index contributed by atoms with van der Waals surface area (Å²) in [6, 6.07) is 5.93. The molecule has 0 aromatic heterocycles. The molecule has 274 valence electrons. The van der Waals surface area contributed by atoms with Crippen LogP contribution in [0.5, 0.6) is 0 Å². The quantitative estimate of drug-likeness (QED) is 0.0285. The molecule has 0 unspecified atom stereocenters. The largest absolute Gasteiger partial charge is 0.462 e. The molecule has 0 atom stereocenters. The number of carbonyl (C=O) groups excluding carboxylic acids is 1. The molecule has 2 nitrogen and oxygen atoms in total. The minimum Gasteiger partial charge on any atom is -0.462 e. The standard InChI is InChI=1S/C43H86O2Si/c1-6-9-12-15-18-21-24-27-30-33-38-46(41-36-37-45-43(44)42(4)5,39-34-31-28-25-22-19-16-13-10-7-2)40-35-32-29-26-23-20-17-14-11-8-3/h4,6-41H2,1-3,5H3. The van der Waals surface area contributed by atoms with Crippen molar-refractivity contribution >= 4 is 14.0 Å². The van der Waals surface area contributed by atoms with Crippen molar-refractivity contribution in [1.29, 1.82) is 0 Å². The molecule has 0 aromatic rings. The van der Waals surface area contributed by atoms with Crippen molar-refractivity contribution in [2.75, 3.05) is 6.61 Å². The van der Waals surface area contributed by atoms with Gasteiger partial charge in [0, 0.05) is 5.57 Å². The van der Waals surface area contributed by atoms with Crippen LogP contribution < -0.4 is 0 Å². The van der Waals surface area contributed by atoms with E-state index in [-0.39, 0.29) is 5.97 Å². The summed E-state index contributed by atoms with van der Waals surface area (Å²) in [5, 5.41) is 0. The third-order valence-electron chi connectivity index (χ3n) is 10.6. The number of hydrogen-bond donors (Lipinski definition) is 0. The van der Waals surface area contributed by atoms with Gasteiger partial charge in [-0.15, -0.1) is 0 Å². The third-order valence-corrected chi connectivity index (χ3v) is 16.3. The van der Waals surface area contributed by atoms with Gasteiger partial charge in [0.2, 0.25) is 0 Å². The van der Waals surface area contributed by atoms with E-state index in [4.69, 9.17) is 4.74 Å². The molecule has 46 heavy (non-hydrogen) atoms. The molecule has 0 rings (SSSR count). The average Bonchev–Trinajstić information content (AvgIpc) is 3.05. The molecule has 0 aliphatic rings. The van der Waals surface area contributed by atoms with Crippen molar-refractivity contribution < 1.29 is 9.53 Å². The van der Waals surface area contributed by atoms with E-state index in [9.17, 15) is 4.79 Å². The Kier molecular flexibility index (Phi) is 35.3. The van der Waals surface area contributed by atoms with Crippen LogP contribution in [-0.2, 0) is 9.53 Å². The summed E-state index contributed by atoms with van der Waals surface area (Å²) in [6.07, 6.45) is 43.9. The zero-order valence-electron chi connectivity index (χ0n) is 32.5. The lowest BCUT2D eigenvalue weighted by atomic mass is 10.1. The smallest absolute Gasteiger partial charge is 0.333 e. The van der Waals surface area contributed by atoms with Crippen molar-refractivity contribution in [2.45, 2.75) is 251 Å². The molecule has 0 N–H and O–H groups in total. The van der Waals surface area contributed by atoms with Crippen LogP contribution in [0.25, 0.3) is 0 Å². The molecule has 0 radical (unpaired) electrons. The van der Waals surface area contributed by atoms with Gasteiger partial charge in [-0.3, -0.25) is 0 Å². The minimum absolute atomic E-state index is 0.202. The van der Waals surface area contributed by atoms with Gasteiger partial charge >= 0.3 is 5.97 Å². The fourth-order valence-electron chi connectivity index (χ4n) is 7.45. The number of esters is 1. The molecule has 0 aliphatic heterocycles. The fraction of sp³-hybridized carbons (Fsp3) is 0.930. The highest BCUT2D eigenvalue weighted by molar-refractivity contribution is 6.79. The SMILES string of the molecule is C=C(C)C(=O)OCCC[Si](CCCCCCCCCCCC)(CCCCCCCCCCCC)CCCCCCCCCCCC. The van der Waals surface area contributed by atoms with E-state index in [1.807, 2.05) is 0 Å². The van der Waals surface area contributed by atoms with Crippen molar-refractivity contribution in [3.05, 3.63) is 12.2 Å². The first-order valence-corrected chi connectivity index (χ1v) is 24.2. The number of rotatable bonds is 38. The van der Waals surface area contributed by atoms with Crippen LogP contribution in [-0.4, -0.2) is 20.7 Å². The van der Waals surface area contributed by atoms with Crippen molar-refractivity contribution in [1.82, 2.24) is 0 Å². The summed E-state index contributed by atoms with van der Waals surface area (Å²) in [5.41, 5.74) is 0.532. The highest BCUT2D eigenvalue weighted by Gasteiger charge is 2.31. The summed E-state index contributed by atoms with van der Waals surface area (Å²) in [6.45, 7) is 13.1. The molecule has 0 heterocycles. The van der Waals surface area contributed by atoms with Crippen LogP contribution in [0.4, 0.5) is 0 Å². The first-order valence-electron chi connectivity index (χ1n) is 21.3. The van der Waals surface area contributed by atoms with Crippen molar-refractivity contribution in [3.8, 4) is 0 Å². The average molecular weight is 663 g/mol. The number of unbranched alkanes of at least 4 members (excludes halogenated alkanes) is 27. The number of hydrogen-bond acceptors (Lipinski definition) is 2. The third kappa shape index (κ3) is 30.7. The first-order chi connectivity index (χ1) is 22.5. The van der Waals surface area contributed by atoms with Crippen LogP contribution in [0.15, 0.2) is 12.2 Å². The van der Waals surface area contributed by atoms with E-state index in [0.29, 0.717) is 12.2 Å². The van der Waals surface area contributed by atoms with E-state index in [1.54, 1.807) is 6.92 Å². The van der Waals surface area contributed by atoms with Crippen molar-refractivity contribution in [2.24, 2.45) is 0 Å². The topological polar surface area (TPSA) is 26.3 Å². The van der Waals surface area contributed by atoms with Crippen LogP contribution in [0.1, 0.15) is 227 Å². The van der Waals surface area contributed by atoms with Gasteiger partial charge in [0.05, 0.1) is 14.7 Å². The molecular weight excluding hydrogens is 577 g/mol. The maximum atomic E-state index is 12.1. The number of ether oxygens (including phenoxy) is 1. The van der Waals surface area contributed by atoms with Gasteiger partial charge in [0.25, 0.3) is 0 Å². The Hall–Kier alpha value is -0.573. The van der Waals surface area contributed by atoms with Gasteiger partial charge in [-0.25, -0.2) is 4.79 Å². The van der Waals surface area contributed by atoms with E-state index < -0.39 is 8.07 Å². The van der Waals surface area contributed by atoms with Gasteiger partial charge in [-0.05, 0) is 13.3 Å².